The summed E-state index contributed by atoms with van der Waals surface area (Å²) in [6.07, 6.45) is -2.54. The lowest BCUT2D eigenvalue weighted by Crippen LogP contribution is -2.41. The molecule has 1 aliphatic carbocycles. The van der Waals surface area contributed by atoms with Gasteiger partial charge in [-0.2, -0.15) is 0 Å². The van der Waals surface area contributed by atoms with Gasteiger partial charge in [0.25, 0.3) is 5.91 Å². The van der Waals surface area contributed by atoms with Gasteiger partial charge in [0, 0.05) is 17.0 Å². The maximum atomic E-state index is 12.3. The number of carboxylic acid groups (broad SMARTS) is 1. The number of hydrogen-bond donors (Lipinski definition) is 3. The second kappa shape index (κ2) is 6.30. The van der Waals surface area contributed by atoms with Gasteiger partial charge in [-0.3, -0.25) is 4.79 Å². The summed E-state index contributed by atoms with van der Waals surface area (Å²) in [5.74, 6) is -1.84. The number of fused-ring (bicyclic) bond motifs is 1. The fraction of sp³-hybridized carbons (Fsp3) is 0.375. The molecule has 6 nitrogen and oxygen atoms in total. The Morgan fingerprint density at radius 2 is 2.04 bits per heavy atom. The summed E-state index contributed by atoms with van der Waals surface area (Å²) in [6, 6.07) is 4.09. The molecule has 0 spiro atoms. The maximum absolute atomic E-state index is 12.3. The summed E-state index contributed by atoms with van der Waals surface area (Å²) < 4.78 is 40.6. The van der Waals surface area contributed by atoms with Crippen LogP contribution in [0.15, 0.2) is 24.3 Å². The van der Waals surface area contributed by atoms with Crippen LogP contribution in [0, 0.1) is 5.92 Å². The minimum absolute atomic E-state index is 0.0706. The Morgan fingerprint density at radius 1 is 1.32 bits per heavy atom. The van der Waals surface area contributed by atoms with E-state index < -0.39 is 30.0 Å². The van der Waals surface area contributed by atoms with Gasteiger partial charge < -0.3 is 20.1 Å². The van der Waals surface area contributed by atoms with Gasteiger partial charge >= 0.3 is 12.3 Å². The maximum Gasteiger partial charge on any atom is 0.573 e. The Kier molecular flexibility index (Phi) is 4.32. The lowest BCUT2D eigenvalue weighted by atomic mass is 10.1. The Morgan fingerprint density at radius 3 is 2.64 bits per heavy atom. The predicted molar refractivity (Wildman–Crippen MR) is 81.2 cm³/mol. The van der Waals surface area contributed by atoms with Crippen molar-refractivity contribution in [3.63, 3.8) is 0 Å². The van der Waals surface area contributed by atoms with Gasteiger partial charge in [-0.1, -0.05) is 12.8 Å². The Labute approximate surface area is 140 Å². The third-order valence-corrected chi connectivity index (χ3v) is 3.94. The van der Waals surface area contributed by atoms with Crippen molar-refractivity contribution in [1.29, 1.82) is 0 Å². The van der Waals surface area contributed by atoms with Crippen LogP contribution in [0.1, 0.15) is 29.8 Å². The summed E-state index contributed by atoms with van der Waals surface area (Å²) in [5.41, 5.74) is 0.349. The van der Waals surface area contributed by atoms with Crippen LogP contribution in [0.25, 0.3) is 10.9 Å². The Hall–Kier alpha value is -2.71. The van der Waals surface area contributed by atoms with E-state index in [9.17, 15) is 27.9 Å². The zero-order valence-corrected chi connectivity index (χ0v) is 12.9. The first-order chi connectivity index (χ1) is 11.7. The Bertz CT molecular complexity index is 811. The van der Waals surface area contributed by atoms with Crippen molar-refractivity contribution in [2.24, 2.45) is 5.92 Å². The zero-order chi connectivity index (χ0) is 18.2. The highest BCUT2D eigenvalue weighted by molar-refractivity contribution is 5.99. The molecule has 0 bridgehead atoms. The molecule has 1 aliphatic rings. The monoisotopic (exact) mass is 356 g/mol. The van der Waals surface area contributed by atoms with Gasteiger partial charge in [-0.15, -0.1) is 13.2 Å². The molecule has 1 heterocycles. The molecule has 1 saturated carbocycles. The quantitative estimate of drug-likeness (QED) is 0.742. The van der Waals surface area contributed by atoms with E-state index in [1.54, 1.807) is 0 Å². The van der Waals surface area contributed by atoms with E-state index >= 15 is 0 Å². The number of benzene rings is 1. The topological polar surface area (TPSA) is 91.4 Å². The SMILES string of the molecule is O=C(NC(CC1CC1)C(=O)O)c1cc2ccc(OC(F)(F)F)cc2[nH]1. The molecule has 1 unspecified atom stereocenters. The van der Waals surface area contributed by atoms with Crippen molar-refractivity contribution in [3.8, 4) is 5.75 Å². The summed E-state index contributed by atoms with van der Waals surface area (Å²) in [5, 5.41) is 12.1. The smallest absolute Gasteiger partial charge is 0.480 e. The van der Waals surface area contributed by atoms with E-state index in [1.165, 1.54) is 12.1 Å². The van der Waals surface area contributed by atoms with Gasteiger partial charge in [0.05, 0.1) is 0 Å². The molecule has 0 saturated heterocycles. The molecule has 3 N–H and O–H groups in total. The number of aromatic nitrogens is 1. The van der Waals surface area contributed by atoms with E-state index in [1.807, 2.05) is 0 Å². The van der Waals surface area contributed by atoms with E-state index in [-0.39, 0.29) is 11.2 Å². The number of hydrogen-bond acceptors (Lipinski definition) is 3. The first-order valence-corrected chi connectivity index (χ1v) is 7.63. The van der Waals surface area contributed by atoms with Crippen LogP contribution in [0.4, 0.5) is 13.2 Å². The van der Waals surface area contributed by atoms with E-state index in [2.05, 4.69) is 15.0 Å². The van der Waals surface area contributed by atoms with E-state index in [0.717, 1.165) is 25.0 Å². The number of alkyl halides is 3. The molecule has 0 radical (unpaired) electrons. The first-order valence-electron chi connectivity index (χ1n) is 7.63. The molecular weight excluding hydrogens is 341 g/mol. The van der Waals surface area contributed by atoms with Crippen LogP contribution in [0.2, 0.25) is 0 Å². The lowest BCUT2D eigenvalue weighted by Gasteiger charge is -2.13. The highest BCUT2D eigenvalue weighted by atomic mass is 19.4. The van der Waals surface area contributed by atoms with Crippen LogP contribution in [-0.2, 0) is 4.79 Å². The van der Waals surface area contributed by atoms with Gasteiger partial charge in [-0.05, 0) is 30.5 Å². The number of aromatic amines is 1. The van der Waals surface area contributed by atoms with Crippen molar-refractivity contribution >= 4 is 22.8 Å². The second-order valence-electron chi connectivity index (χ2n) is 6.02. The molecule has 1 atom stereocenters. The Balaban J connectivity index is 1.75. The van der Waals surface area contributed by atoms with Crippen LogP contribution in [0.5, 0.6) is 5.75 Å². The fourth-order valence-electron chi connectivity index (χ4n) is 2.57. The third-order valence-electron chi connectivity index (χ3n) is 3.94. The predicted octanol–water partition coefficient (Wildman–Crippen LogP) is 3.05. The summed E-state index contributed by atoms with van der Waals surface area (Å²) in [6.45, 7) is 0. The standard InChI is InChI=1S/C16H15F3N2O4/c17-16(18,19)25-10-4-3-9-6-12(20-11(9)7-10)14(22)21-13(15(23)24)5-8-1-2-8/h3-4,6-8,13,20H,1-2,5H2,(H,21,22)(H,23,24). The second-order valence-corrected chi connectivity index (χ2v) is 6.02. The lowest BCUT2D eigenvalue weighted by molar-refractivity contribution is -0.274. The molecule has 1 aromatic carbocycles. The molecule has 1 fully saturated rings. The van der Waals surface area contributed by atoms with E-state index in [0.29, 0.717) is 17.7 Å². The van der Waals surface area contributed by atoms with Gasteiger partial charge in [0.2, 0.25) is 0 Å². The summed E-state index contributed by atoms with van der Waals surface area (Å²) >= 11 is 0. The fourth-order valence-corrected chi connectivity index (χ4v) is 2.57. The molecule has 1 amide bonds. The van der Waals surface area contributed by atoms with Crippen molar-refractivity contribution in [2.75, 3.05) is 0 Å². The van der Waals surface area contributed by atoms with Crippen molar-refractivity contribution in [2.45, 2.75) is 31.7 Å². The molecule has 9 heteroatoms. The molecule has 0 aliphatic heterocycles. The number of carbonyl (C=O) groups is 2. The van der Waals surface area contributed by atoms with Crippen LogP contribution in [0.3, 0.4) is 0 Å². The minimum atomic E-state index is -4.81. The molecular formula is C16H15F3N2O4. The largest absolute Gasteiger partial charge is 0.573 e. The van der Waals surface area contributed by atoms with Crippen LogP contribution < -0.4 is 10.1 Å². The summed E-state index contributed by atoms with van der Waals surface area (Å²) in [7, 11) is 0. The number of amides is 1. The van der Waals surface area contributed by atoms with Crippen LogP contribution in [-0.4, -0.2) is 34.4 Å². The number of carbonyl (C=O) groups excluding carboxylic acids is 1. The molecule has 3 rings (SSSR count). The molecule has 1 aromatic heterocycles. The normalized spacial score (nSPS) is 15.8. The van der Waals surface area contributed by atoms with Crippen molar-refractivity contribution in [3.05, 3.63) is 30.0 Å². The van der Waals surface area contributed by atoms with Crippen molar-refractivity contribution in [1.82, 2.24) is 10.3 Å². The van der Waals surface area contributed by atoms with Crippen LogP contribution >= 0.6 is 0 Å². The number of halogens is 3. The molecule has 2 aromatic rings. The average Bonchev–Trinajstić information content (AvgIpc) is 3.21. The van der Waals surface area contributed by atoms with Crippen molar-refractivity contribution < 1.29 is 32.6 Å². The average molecular weight is 356 g/mol. The number of H-pyrrole nitrogens is 1. The van der Waals surface area contributed by atoms with Gasteiger partial charge in [-0.25, -0.2) is 4.79 Å². The number of rotatable bonds is 6. The molecule has 25 heavy (non-hydrogen) atoms. The number of aliphatic carboxylic acids is 1. The first kappa shape index (κ1) is 17.1. The number of ether oxygens (including phenoxy) is 1. The number of nitrogens with one attached hydrogen (secondary N) is 2. The van der Waals surface area contributed by atoms with Gasteiger partial charge in [0.1, 0.15) is 17.5 Å². The summed E-state index contributed by atoms with van der Waals surface area (Å²) in [4.78, 5) is 26.1. The molecule has 134 valence electrons. The van der Waals surface area contributed by atoms with Gasteiger partial charge in [0.15, 0.2) is 0 Å². The highest BCUT2D eigenvalue weighted by Gasteiger charge is 2.32. The van der Waals surface area contributed by atoms with E-state index in [4.69, 9.17) is 0 Å². The third kappa shape index (κ3) is 4.43. The highest BCUT2D eigenvalue weighted by Crippen LogP contribution is 2.33. The zero-order valence-electron chi connectivity index (χ0n) is 12.9. The minimum Gasteiger partial charge on any atom is -0.480 e. The number of carboxylic acids is 1.